The summed E-state index contributed by atoms with van der Waals surface area (Å²) >= 11 is 3.41. The van der Waals surface area contributed by atoms with Crippen LogP contribution < -0.4 is 0 Å². The molecule has 0 saturated heterocycles. The van der Waals surface area contributed by atoms with Crippen molar-refractivity contribution in [2.45, 2.75) is 20.4 Å². The molecule has 0 fully saturated rings. The number of aliphatic imine (C=N–C) groups is 1. The number of benzene rings is 1. The van der Waals surface area contributed by atoms with Crippen LogP contribution in [-0.2, 0) is 11.3 Å². The van der Waals surface area contributed by atoms with Crippen molar-refractivity contribution in [1.82, 2.24) is 4.57 Å². The molecule has 1 aromatic carbocycles. The molecule has 6 heteroatoms. The van der Waals surface area contributed by atoms with Crippen LogP contribution in [0.15, 0.2) is 33.9 Å². The minimum absolute atomic E-state index is 0.239. The molecule has 0 aliphatic heterocycles. The molecular weight excluding hydrogens is 356 g/mol. The standard InChI is InChI=1S/C17H15BrN4O/c1-3-23-11-21-17-15(9-20)14(8-19)16(18)22(17)10-13-6-4-5-12(2)7-13/h4-7,11H,3,10H2,1-2H3/b21-11+. The van der Waals surface area contributed by atoms with Crippen LogP contribution >= 0.6 is 15.9 Å². The Labute approximate surface area is 143 Å². The Morgan fingerprint density at radius 1 is 1.30 bits per heavy atom. The van der Waals surface area contributed by atoms with Gasteiger partial charge in [-0.1, -0.05) is 29.8 Å². The third-order valence-corrected chi connectivity index (χ3v) is 4.06. The van der Waals surface area contributed by atoms with Crippen molar-refractivity contribution in [2.24, 2.45) is 4.99 Å². The number of hydrogen-bond donors (Lipinski definition) is 0. The normalized spacial score (nSPS) is 10.5. The van der Waals surface area contributed by atoms with Gasteiger partial charge in [0.25, 0.3) is 0 Å². The summed E-state index contributed by atoms with van der Waals surface area (Å²) in [5.41, 5.74) is 2.72. The van der Waals surface area contributed by atoms with E-state index in [9.17, 15) is 10.5 Å². The summed E-state index contributed by atoms with van der Waals surface area (Å²) in [7, 11) is 0. The van der Waals surface area contributed by atoms with Crippen molar-refractivity contribution in [3.05, 3.63) is 51.1 Å². The molecule has 0 saturated carbocycles. The number of hydrogen-bond acceptors (Lipinski definition) is 4. The van der Waals surface area contributed by atoms with Crippen molar-refractivity contribution in [3.63, 3.8) is 0 Å². The molecule has 116 valence electrons. The molecule has 2 rings (SSSR count). The molecule has 0 amide bonds. The predicted octanol–water partition coefficient (Wildman–Crippen LogP) is 4.05. The molecule has 0 bridgehead atoms. The highest BCUT2D eigenvalue weighted by Crippen LogP contribution is 2.33. The second-order valence-electron chi connectivity index (χ2n) is 4.85. The van der Waals surface area contributed by atoms with Crippen LogP contribution in [0.25, 0.3) is 0 Å². The van der Waals surface area contributed by atoms with E-state index < -0.39 is 0 Å². The molecule has 0 spiro atoms. The molecule has 0 radical (unpaired) electrons. The summed E-state index contributed by atoms with van der Waals surface area (Å²) in [5, 5.41) is 18.7. The van der Waals surface area contributed by atoms with Crippen molar-refractivity contribution >= 4 is 28.1 Å². The molecule has 1 heterocycles. The van der Waals surface area contributed by atoms with E-state index in [4.69, 9.17) is 4.74 Å². The Balaban J connectivity index is 2.55. The number of halogens is 1. The number of nitriles is 2. The highest BCUT2D eigenvalue weighted by Gasteiger charge is 2.21. The van der Waals surface area contributed by atoms with Crippen molar-refractivity contribution in [1.29, 1.82) is 10.5 Å². The van der Waals surface area contributed by atoms with Crippen LogP contribution in [0, 0.1) is 29.6 Å². The van der Waals surface area contributed by atoms with Crippen LogP contribution in [0.4, 0.5) is 5.82 Å². The van der Waals surface area contributed by atoms with Crippen molar-refractivity contribution in [2.75, 3.05) is 6.61 Å². The average molecular weight is 371 g/mol. The smallest absolute Gasteiger partial charge is 0.176 e. The number of ether oxygens (including phenoxy) is 1. The van der Waals surface area contributed by atoms with Gasteiger partial charge in [-0.15, -0.1) is 0 Å². The van der Waals surface area contributed by atoms with Gasteiger partial charge in [0.2, 0.25) is 0 Å². The Kier molecular flexibility index (Phi) is 5.56. The first-order valence-corrected chi connectivity index (χ1v) is 7.83. The second-order valence-corrected chi connectivity index (χ2v) is 5.60. The van der Waals surface area contributed by atoms with Crippen LogP contribution in [0.1, 0.15) is 29.2 Å². The van der Waals surface area contributed by atoms with Crippen LogP contribution in [0.3, 0.4) is 0 Å². The van der Waals surface area contributed by atoms with Crippen LogP contribution in [0.2, 0.25) is 0 Å². The summed E-state index contributed by atoms with van der Waals surface area (Å²) in [5.74, 6) is 0.408. The zero-order chi connectivity index (χ0) is 16.8. The molecule has 1 aromatic heterocycles. The lowest BCUT2D eigenvalue weighted by atomic mass is 10.1. The van der Waals surface area contributed by atoms with Gasteiger partial charge >= 0.3 is 0 Å². The van der Waals surface area contributed by atoms with Gasteiger partial charge in [-0.05, 0) is 35.3 Å². The Morgan fingerprint density at radius 3 is 2.65 bits per heavy atom. The molecule has 23 heavy (non-hydrogen) atoms. The van der Waals surface area contributed by atoms with Crippen molar-refractivity contribution in [3.8, 4) is 12.1 Å². The first kappa shape index (κ1) is 16.8. The van der Waals surface area contributed by atoms with E-state index in [2.05, 4.69) is 39.1 Å². The minimum atomic E-state index is 0.239. The molecule has 2 aromatic rings. The Morgan fingerprint density at radius 2 is 2.04 bits per heavy atom. The summed E-state index contributed by atoms with van der Waals surface area (Å²) in [6.07, 6.45) is 1.30. The number of aromatic nitrogens is 1. The predicted molar refractivity (Wildman–Crippen MR) is 91.6 cm³/mol. The lowest BCUT2D eigenvalue weighted by Gasteiger charge is -2.09. The maximum atomic E-state index is 9.38. The first-order valence-electron chi connectivity index (χ1n) is 7.04. The van der Waals surface area contributed by atoms with E-state index >= 15 is 0 Å². The molecule has 0 aliphatic rings. The SMILES string of the molecule is CCO/C=N/c1c(C#N)c(C#N)c(Br)n1Cc1cccc(C)c1. The fraction of sp³-hybridized carbons (Fsp3) is 0.235. The van der Waals surface area contributed by atoms with Gasteiger partial charge in [-0.2, -0.15) is 10.5 Å². The van der Waals surface area contributed by atoms with Gasteiger partial charge in [0.1, 0.15) is 27.9 Å². The van der Waals surface area contributed by atoms with Gasteiger partial charge in [-0.25, -0.2) is 4.99 Å². The van der Waals surface area contributed by atoms with Crippen LogP contribution in [0.5, 0.6) is 0 Å². The van der Waals surface area contributed by atoms with E-state index in [0.717, 1.165) is 11.1 Å². The third kappa shape index (κ3) is 3.61. The van der Waals surface area contributed by atoms with E-state index in [1.807, 2.05) is 32.0 Å². The molecule has 0 unspecified atom stereocenters. The fourth-order valence-electron chi connectivity index (χ4n) is 2.22. The maximum Gasteiger partial charge on any atom is 0.176 e. The quantitative estimate of drug-likeness (QED) is 0.588. The topological polar surface area (TPSA) is 74.1 Å². The van der Waals surface area contributed by atoms with E-state index in [-0.39, 0.29) is 11.1 Å². The average Bonchev–Trinajstić information content (AvgIpc) is 2.79. The lowest BCUT2D eigenvalue weighted by Crippen LogP contribution is -2.00. The fourth-order valence-corrected chi connectivity index (χ4v) is 2.80. The summed E-state index contributed by atoms with van der Waals surface area (Å²) in [6, 6.07) is 12.2. The maximum absolute atomic E-state index is 9.38. The third-order valence-electron chi connectivity index (χ3n) is 3.24. The largest absolute Gasteiger partial charge is 0.483 e. The lowest BCUT2D eigenvalue weighted by molar-refractivity contribution is 0.343. The number of aryl methyl sites for hydroxylation is 1. The number of rotatable bonds is 5. The molecule has 0 atom stereocenters. The molecular formula is C17H15BrN4O. The summed E-state index contributed by atoms with van der Waals surface area (Å²) in [4.78, 5) is 4.23. The Bertz CT molecular complexity index is 824. The highest BCUT2D eigenvalue weighted by atomic mass is 79.9. The molecule has 0 N–H and O–H groups in total. The van der Waals surface area contributed by atoms with E-state index in [0.29, 0.717) is 23.6 Å². The van der Waals surface area contributed by atoms with Crippen molar-refractivity contribution < 1.29 is 4.74 Å². The van der Waals surface area contributed by atoms with E-state index in [1.54, 1.807) is 4.57 Å². The van der Waals surface area contributed by atoms with Gasteiger partial charge < -0.3 is 9.30 Å². The second kappa shape index (κ2) is 7.62. The number of nitrogens with zero attached hydrogens (tertiary/aromatic N) is 4. The molecule has 0 aliphatic carbocycles. The zero-order valence-electron chi connectivity index (χ0n) is 12.9. The molecule has 5 nitrogen and oxygen atoms in total. The summed E-state index contributed by atoms with van der Waals surface area (Å²) in [6.45, 7) is 4.84. The Hall–Kier alpha value is -2.57. The highest BCUT2D eigenvalue weighted by molar-refractivity contribution is 9.10. The zero-order valence-corrected chi connectivity index (χ0v) is 14.5. The monoisotopic (exact) mass is 370 g/mol. The minimum Gasteiger partial charge on any atom is -0.483 e. The first-order chi connectivity index (χ1) is 11.1. The van der Waals surface area contributed by atoms with Crippen LogP contribution in [-0.4, -0.2) is 17.6 Å². The van der Waals surface area contributed by atoms with Gasteiger partial charge in [0, 0.05) is 0 Å². The van der Waals surface area contributed by atoms with E-state index in [1.165, 1.54) is 6.40 Å². The summed E-state index contributed by atoms with van der Waals surface area (Å²) < 4.78 is 7.47. The van der Waals surface area contributed by atoms with Gasteiger partial charge in [0.15, 0.2) is 12.2 Å². The van der Waals surface area contributed by atoms with Gasteiger partial charge in [0.05, 0.1) is 13.2 Å². The van der Waals surface area contributed by atoms with Gasteiger partial charge in [-0.3, -0.25) is 0 Å².